The molecule has 0 aliphatic heterocycles. The van der Waals surface area contributed by atoms with E-state index in [-0.39, 0.29) is 16.7 Å². The Hall–Kier alpha value is -2.23. The highest BCUT2D eigenvalue weighted by Crippen LogP contribution is 2.66. The van der Waals surface area contributed by atoms with Crippen LogP contribution in [0.3, 0.4) is 0 Å². The van der Waals surface area contributed by atoms with Crippen LogP contribution in [-0.2, 0) is 0 Å². The summed E-state index contributed by atoms with van der Waals surface area (Å²) >= 11 is 6.49. The topological polar surface area (TPSA) is 76.1 Å². The lowest BCUT2D eigenvalue weighted by Crippen LogP contribution is -2.25. The lowest BCUT2D eigenvalue weighted by atomic mass is 10.00. The molecule has 116 valence electrons. The molecule has 2 aromatic rings. The standard InChI is InChI=1S/C17H14N2O2S2/c1-21-11-6-4-10(5-7-11)13-14(17(13,9-18)16(19)22)15(20)12-3-2-8-23-12/h2-8,13-14H,1H3,(H2,19,22)/t13-,14-,17+/m1/s1. The average Bonchev–Trinajstić information content (AvgIpc) is 2.95. The van der Waals surface area contributed by atoms with Gasteiger partial charge in [0.1, 0.15) is 11.2 Å². The summed E-state index contributed by atoms with van der Waals surface area (Å²) in [5.74, 6) is -0.203. The molecule has 3 atom stereocenters. The minimum atomic E-state index is -1.11. The molecular formula is C17H14N2O2S2. The fourth-order valence-electron chi connectivity index (χ4n) is 3.09. The molecule has 3 rings (SSSR count). The van der Waals surface area contributed by atoms with Crippen LogP contribution < -0.4 is 10.5 Å². The average molecular weight is 342 g/mol. The summed E-state index contributed by atoms with van der Waals surface area (Å²) in [6, 6.07) is 13.1. The normalized spacial score (nSPS) is 25.4. The number of thiophene rings is 1. The van der Waals surface area contributed by atoms with Gasteiger partial charge in [0.15, 0.2) is 5.78 Å². The number of methoxy groups -OCH3 is 1. The van der Waals surface area contributed by atoms with E-state index in [1.165, 1.54) is 11.3 Å². The summed E-state index contributed by atoms with van der Waals surface area (Å²) in [6.45, 7) is 0. The second-order valence-corrected chi connectivity index (χ2v) is 6.80. The van der Waals surface area contributed by atoms with Gasteiger partial charge >= 0.3 is 0 Å². The fourth-order valence-corrected chi connectivity index (χ4v) is 4.09. The molecule has 2 N–H and O–H groups in total. The van der Waals surface area contributed by atoms with Crippen molar-refractivity contribution >= 4 is 34.3 Å². The minimum Gasteiger partial charge on any atom is -0.497 e. The van der Waals surface area contributed by atoms with E-state index in [0.29, 0.717) is 10.6 Å². The summed E-state index contributed by atoms with van der Waals surface area (Å²) < 4.78 is 5.15. The van der Waals surface area contributed by atoms with Crippen molar-refractivity contribution < 1.29 is 9.53 Å². The number of ketones is 1. The number of carbonyl (C=O) groups is 1. The molecule has 0 radical (unpaired) electrons. The highest BCUT2D eigenvalue weighted by molar-refractivity contribution is 7.80. The number of benzene rings is 1. The third-order valence-corrected chi connectivity index (χ3v) is 5.54. The first-order valence-electron chi connectivity index (χ1n) is 6.99. The molecule has 0 saturated heterocycles. The fraction of sp³-hybridized carbons (Fsp3) is 0.235. The van der Waals surface area contributed by atoms with Crippen LogP contribution in [-0.4, -0.2) is 17.9 Å². The molecule has 0 amide bonds. The smallest absolute Gasteiger partial charge is 0.178 e. The van der Waals surface area contributed by atoms with Crippen molar-refractivity contribution in [3.05, 3.63) is 52.2 Å². The Morgan fingerprint density at radius 3 is 2.57 bits per heavy atom. The van der Waals surface area contributed by atoms with Gasteiger partial charge in [-0.25, -0.2) is 0 Å². The Kier molecular flexibility index (Phi) is 3.92. The molecule has 1 aliphatic rings. The quantitative estimate of drug-likeness (QED) is 0.667. The Labute approximate surface area is 143 Å². The molecule has 1 heterocycles. The number of carbonyl (C=O) groups excluding carboxylic acids is 1. The molecule has 1 fully saturated rings. The van der Waals surface area contributed by atoms with Gasteiger partial charge in [-0.15, -0.1) is 11.3 Å². The highest BCUT2D eigenvalue weighted by Gasteiger charge is 2.71. The predicted octanol–water partition coefficient (Wildman–Crippen LogP) is 3.15. The molecule has 1 aromatic heterocycles. The zero-order valence-electron chi connectivity index (χ0n) is 12.4. The largest absolute Gasteiger partial charge is 0.497 e. The van der Waals surface area contributed by atoms with E-state index in [1.807, 2.05) is 35.7 Å². The summed E-state index contributed by atoms with van der Waals surface area (Å²) in [4.78, 5) is 13.5. The van der Waals surface area contributed by atoms with Gasteiger partial charge in [0.2, 0.25) is 0 Å². The molecule has 0 unspecified atom stereocenters. The Morgan fingerprint density at radius 1 is 1.39 bits per heavy atom. The monoisotopic (exact) mass is 342 g/mol. The van der Waals surface area contributed by atoms with E-state index in [0.717, 1.165) is 5.56 Å². The zero-order chi connectivity index (χ0) is 16.6. The van der Waals surface area contributed by atoms with Gasteiger partial charge in [0.25, 0.3) is 0 Å². The van der Waals surface area contributed by atoms with Crippen molar-refractivity contribution in [3.8, 4) is 11.8 Å². The van der Waals surface area contributed by atoms with E-state index < -0.39 is 11.3 Å². The molecule has 1 aliphatic carbocycles. The van der Waals surface area contributed by atoms with Gasteiger partial charge in [-0.3, -0.25) is 4.79 Å². The Bertz CT molecular complexity index is 793. The number of Topliss-reactive ketones (excluding diaryl/α,β-unsaturated/α-hetero) is 1. The first-order chi connectivity index (χ1) is 11.1. The number of nitriles is 1. The van der Waals surface area contributed by atoms with E-state index in [2.05, 4.69) is 6.07 Å². The van der Waals surface area contributed by atoms with Crippen LogP contribution in [0, 0.1) is 22.7 Å². The summed E-state index contributed by atoms with van der Waals surface area (Å²) in [5.41, 5.74) is 5.61. The van der Waals surface area contributed by atoms with Gasteiger partial charge < -0.3 is 10.5 Å². The molecular weight excluding hydrogens is 328 g/mol. The number of nitrogens with zero attached hydrogens (tertiary/aromatic N) is 1. The van der Waals surface area contributed by atoms with Crippen LogP contribution in [0.25, 0.3) is 0 Å². The van der Waals surface area contributed by atoms with Gasteiger partial charge in [0, 0.05) is 5.92 Å². The summed E-state index contributed by atoms with van der Waals surface area (Å²) in [5, 5.41) is 11.5. The number of rotatable bonds is 5. The van der Waals surface area contributed by atoms with Crippen LogP contribution in [0.1, 0.15) is 21.2 Å². The van der Waals surface area contributed by atoms with Crippen LogP contribution in [0.4, 0.5) is 0 Å². The molecule has 1 aromatic carbocycles. The maximum absolute atomic E-state index is 12.8. The third kappa shape index (κ3) is 2.33. The molecule has 0 bridgehead atoms. The summed E-state index contributed by atoms with van der Waals surface area (Å²) in [7, 11) is 1.59. The van der Waals surface area contributed by atoms with E-state index in [4.69, 9.17) is 22.7 Å². The Balaban J connectivity index is 2.01. The lowest BCUT2D eigenvalue weighted by Gasteiger charge is -2.06. The van der Waals surface area contributed by atoms with Crippen LogP contribution >= 0.6 is 23.6 Å². The number of thiocarbonyl (C=S) groups is 1. The van der Waals surface area contributed by atoms with Gasteiger partial charge in [-0.05, 0) is 29.1 Å². The maximum Gasteiger partial charge on any atom is 0.178 e. The highest BCUT2D eigenvalue weighted by atomic mass is 32.1. The second kappa shape index (κ2) is 5.76. The number of nitrogens with two attached hydrogens (primary N) is 1. The van der Waals surface area contributed by atoms with Crippen LogP contribution in [0.15, 0.2) is 41.8 Å². The van der Waals surface area contributed by atoms with E-state index >= 15 is 0 Å². The van der Waals surface area contributed by atoms with E-state index in [1.54, 1.807) is 13.2 Å². The predicted molar refractivity (Wildman–Crippen MR) is 92.7 cm³/mol. The van der Waals surface area contributed by atoms with E-state index in [9.17, 15) is 10.1 Å². The Morgan fingerprint density at radius 2 is 2.09 bits per heavy atom. The van der Waals surface area contributed by atoms with Gasteiger partial charge in [-0.1, -0.05) is 30.4 Å². The SMILES string of the molecule is COc1ccc([C@@H]2[C@H](C(=O)c3cccs3)[C@@]2(C#N)C(N)=S)cc1. The van der Waals surface area contributed by atoms with Gasteiger partial charge in [-0.2, -0.15) is 5.26 Å². The van der Waals surface area contributed by atoms with Crippen molar-refractivity contribution in [2.75, 3.05) is 7.11 Å². The van der Waals surface area contributed by atoms with Crippen molar-refractivity contribution in [3.63, 3.8) is 0 Å². The second-order valence-electron chi connectivity index (χ2n) is 5.42. The van der Waals surface area contributed by atoms with Crippen molar-refractivity contribution in [1.29, 1.82) is 5.26 Å². The number of ether oxygens (including phenoxy) is 1. The molecule has 23 heavy (non-hydrogen) atoms. The van der Waals surface area contributed by atoms with Crippen LogP contribution in [0.5, 0.6) is 5.75 Å². The molecule has 6 heteroatoms. The number of hydrogen-bond acceptors (Lipinski definition) is 5. The molecule has 4 nitrogen and oxygen atoms in total. The minimum absolute atomic E-state index is 0.0739. The first kappa shape index (κ1) is 15.7. The summed E-state index contributed by atoms with van der Waals surface area (Å²) in [6.07, 6.45) is 0. The zero-order valence-corrected chi connectivity index (χ0v) is 14.0. The molecule has 1 saturated carbocycles. The lowest BCUT2D eigenvalue weighted by molar-refractivity contribution is 0.0963. The maximum atomic E-state index is 12.8. The third-order valence-electron chi connectivity index (χ3n) is 4.32. The van der Waals surface area contributed by atoms with Crippen LogP contribution in [0.2, 0.25) is 0 Å². The van der Waals surface area contributed by atoms with Crippen molar-refractivity contribution in [2.24, 2.45) is 17.1 Å². The first-order valence-corrected chi connectivity index (χ1v) is 8.28. The van der Waals surface area contributed by atoms with Crippen molar-refractivity contribution in [1.82, 2.24) is 0 Å². The van der Waals surface area contributed by atoms with Gasteiger partial charge in [0.05, 0.1) is 29.0 Å². The van der Waals surface area contributed by atoms with Crippen molar-refractivity contribution in [2.45, 2.75) is 5.92 Å². The number of hydrogen-bond donors (Lipinski definition) is 1. The molecule has 0 spiro atoms.